The van der Waals surface area contributed by atoms with Gasteiger partial charge in [0.25, 0.3) is 5.91 Å². The van der Waals surface area contributed by atoms with Crippen LogP contribution in [0, 0.1) is 0 Å². The summed E-state index contributed by atoms with van der Waals surface area (Å²) in [6, 6.07) is 12.7. The summed E-state index contributed by atoms with van der Waals surface area (Å²) in [6.07, 6.45) is 3.88. The second-order valence-electron chi connectivity index (χ2n) is 10.5. The van der Waals surface area contributed by atoms with Gasteiger partial charge < -0.3 is 34.4 Å². The molecule has 2 aliphatic rings. The number of fused-ring (bicyclic) bond motifs is 1. The topological polar surface area (TPSA) is 112 Å². The van der Waals surface area contributed by atoms with Crippen molar-refractivity contribution in [1.82, 2.24) is 19.6 Å². The van der Waals surface area contributed by atoms with Crippen LogP contribution >= 0.6 is 11.6 Å². The fourth-order valence-corrected chi connectivity index (χ4v) is 5.66. The molecular weight excluding hydrogens is 574 g/mol. The van der Waals surface area contributed by atoms with Gasteiger partial charge in [0.05, 0.1) is 24.3 Å². The molecule has 4 rings (SSSR count). The van der Waals surface area contributed by atoms with Crippen molar-refractivity contribution in [2.75, 3.05) is 65.9 Å². The van der Waals surface area contributed by atoms with Gasteiger partial charge in [-0.15, -0.1) is 0 Å². The molecule has 2 aliphatic heterocycles. The van der Waals surface area contributed by atoms with Crippen LogP contribution in [0.3, 0.4) is 0 Å². The molecule has 0 saturated carbocycles. The van der Waals surface area contributed by atoms with Gasteiger partial charge in [0.15, 0.2) is 0 Å². The molecule has 11 nitrogen and oxygen atoms in total. The third-order valence-corrected chi connectivity index (χ3v) is 8.11. The molecule has 1 saturated heterocycles. The molecule has 43 heavy (non-hydrogen) atoms. The standard InChI is InChI=1S/C31H38ClN5O6/c1-34(17-18-42-2)30(40)25(24-8-6-9-26(32)29(24)43-3)19-35(21-38)20-28(39)36-14-12-23(13-15-36)37-16-11-22-7-4-5-10-27(22)33-31(37)41/h4-10,19,21,23H,11-18,20H2,1-3H3,(H,33,41)/b25-19-. The summed E-state index contributed by atoms with van der Waals surface area (Å²) < 4.78 is 10.6. The Hall–Kier alpha value is -4.09. The first-order valence-electron chi connectivity index (χ1n) is 14.2. The number of methoxy groups -OCH3 is 2. The van der Waals surface area contributed by atoms with E-state index in [4.69, 9.17) is 21.1 Å². The lowest BCUT2D eigenvalue weighted by Crippen LogP contribution is -2.51. The van der Waals surface area contributed by atoms with Crippen LogP contribution in [-0.2, 0) is 25.5 Å². The van der Waals surface area contributed by atoms with Gasteiger partial charge in [-0.25, -0.2) is 4.79 Å². The molecule has 0 bridgehead atoms. The lowest BCUT2D eigenvalue weighted by Gasteiger charge is -2.38. The van der Waals surface area contributed by atoms with Crippen molar-refractivity contribution >= 4 is 47.1 Å². The van der Waals surface area contributed by atoms with Crippen molar-refractivity contribution in [3.63, 3.8) is 0 Å². The summed E-state index contributed by atoms with van der Waals surface area (Å²) >= 11 is 6.34. The van der Waals surface area contributed by atoms with E-state index in [1.165, 1.54) is 18.2 Å². The summed E-state index contributed by atoms with van der Waals surface area (Å²) in [5, 5.41) is 3.31. The number of nitrogens with one attached hydrogen (secondary N) is 1. The summed E-state index contributed by atoms with van der Waals surface area (Å²) in [5.74, 6) is -0.369. The van der Waals surface area contributed by atoms with Crippen LogP contribution in [0.1, 0.15) is 24.0 Å². The van der Waals surface area contributed by atoms with Crippen molar-refractivity contribution in [3.8, 4) is 5.75 Å². The summed E-state index contributed by atoms with van der Waals surface area (Å²) in [6.45, 7) is 1.88. The molecule has 0 atom stereocenters. The molecule has 2 heterocycles. The molecule has 0 spiro atoms. The number of hydrogen-bond acceptors (Lipinski definition) is 6. The van der Waals surface area contributed by atoms with Gasteiger partial charge in [0.2, 0.25) is 12.3 Å². The van der Waals surface area contributed by atoms with E-state index in [0.717, 1.165) is 22.6 Å². The smallest absolute Gasteiger partial charge is 0.322 e. The number of likely N-dealkylation sites (tertiary alicyclic amines) is 1. The molecule has 2 aromatic carbocycles. The summed E-state index contributed by atoms with van der Waals surface area (Å²) in [7, 11) is 4.61. The largest absolute Gasteiger partial charge is 0.495 e. The zero-order valence-electron chi connectivity index (χ0n) is 24.8. The maximum Gasteiger partial charge on any atom is 0.322 e. The molecule has 230 valence electrons. The molecular formula is C31H38ClN5O6. The average Bonchev–Trinajstić information content (AvgIpc) is 3.19. The van der Waals surface area contributed by atoms with Gasteiger partial charge in [-0.2, -0.15) is 0 Å². The van der Waals surface area contributed by atoms with E-state index >= 15 is 0 Å². The molecule has 0 aromatic heterocycles. The number of nitrogens with zero attached hydrogens (tertiary/aromatic N) is 4. The first kappa shape index (κ1) is 31.8. The number of carbonyl (C=O) groups excluding carboxylic acids is 4. The predicted molar refractivity (Wildman–Crippen MR) is 164 cm³/mol. The van der Waals surface area contributed by atoms with Gasteiger partial charge in [0, 0.05) is 63.8 Å². The molecule has 12 heteroatoms. The molecule has 1 fully saturated rings. The summed E-state index contributed by atoms with van der Waals surface area (Å²) in [4.78, 5) is 58.1. The third kappa shape index (κ3) is 7.66. The SMILES string of the molecule is COCCN(C)C(=O)/C(=C\N(C=O)CC(=O)N1CCC(N2CCc3ccccc3NC2=O)CC1)c1cccc(Cl)c1OC. The maximum atomic E-state index is 13.5. The Kier molecular flexibility index (Phi) is 11.0. The fraction of sp³-hybridized carbons (Fsp3) is 0.419. The number of halogens is 1. The molecule has 0 radical (unpaired) electrons. The van der Waals surface area contributed by atoms with Crippen LogP contribution in [0.4, 0.5) is 10.5 Å². The second-order valence-corrected chi connectivity index (χ2v) is 10.9. The van der Waals surface area contributed by atoms with Crippen LogP contribution in [0.5, 0.6) is 5.75 Å². The Labute approximate surface area is 256 Å². The quantitative estimate of drug-likeness (QED) is 0.308. The van der Waals surface area contributed by atoms with Gasteiger partial charge >= 0.3 is 6.03 Å². The van der Waals surface area contributed by atoms with E-state index in [1.54, 1.807) is 37.3 Å². The number of hydrogen-bond donors (Lipinski definition) is 1. The lowest BCUT2D eigenvalue weighted by molar-refractivity contribution is -0.135. The van der Waals surface area contributed by atoms with E-state index in [0.29, 0.717) is 62.6 Å². The Balaban J connectivity index is 1.45. The van der Waals surface area contributed by atoms with E-state index in [1.807, 2.05) is 29.2 Å². The molecule has 0 aliphatic carbocycles. The Morgan fingerprint density at radius 1 is 1.09 bits per heavy atom. The first-order chi connectivity index (χ1) is 20.8. The minimum Gasteiger partial charge on any atom is -0.495 e. The number of carbonyl (C=O) groups is 4. The zero-order chi connectivity index (χ0) is 30.9. The number of likely N-dealkylation sites (N-methyl/N-ethyl adjacent to an activating group) is 1. The van der Waals surface area contributed by atoms with Crippen LogP contribution in [0.25, 0.3) is 5.57 Å². The van der Waals surface area contributed by atoms with Crippen LogP contribution < -0.4 is 10.1 Å². The number of anilines is 1. The van der Waals surface area contributed by atoms with Crippen molar-refractivity contribution < 1.29 is 28.7 Å². The van der Waals surface area contributed by atoms with Gasteiger partial charge in [-0.3, -0.25) is 14.4 Å². The highest BCUT2D eigenvalue weighted by atomic mass is 35.5. The second kappa shape index (κ2) is 14.9. The fourth-order valence-electron chi connectivity index (χ4n) is 5.40. The predicted octanol–water partition coefficient (Wildman–Crippen LogP) is 3.33. The molecule has 0 unspecified atom stereocenters. The first-order valence-corrected chi connectivity index (χ1v) is 14.6. The Bertz CT molecular complexity index is 1360. The van der Waals surface area contributed by atoms with Crippen molar-refractivity contribution in [3.05, 3.63) is 64.8 Å². The number of para-hydroxylation sites is 2. The van der Waals surface area contributed by atoms with Gasteiger partial charge in [0.1, 0.15) is 12.3 Å². The molecule has 5 amide bonds. The van der Waals surface area contributed by atoms with Crippen molar-refractivity contribution in [2.24, 2.45) is 0 Å². The Morgan fingerprint density at radius 2 is 1.84 bits per heavy atom. The van der Waals surface area contributed by atoms with E-state index in [2.05, 4.69) is 5.32 Å². The third-order valence-electron chi connectivity index (χ3n) is 7.82. The van der Waals surface area contributed by atoms with Crippen LogP contribution in [0.15, 0.2) is 48.7 Å². The highest BCUT2D eigenvalue weighted by Gasteiger charge is 2.32. The van der Waals surface area contributed by atoms with E-state index in [-0.39, 0.29) is 35.8 Å². The van der Waals surface area contributed by atoms with Crippen molar-refractivity contribution in [2.45, 2.75) is 25.3 Å². The average molecular weight is 612 g/mol. The van der Waals surface area contributed by atoms with E-state index < -0.39 is 5.91 Å². The minimum absolute atomic E-state index is 0.00240. The summed E-state index contributed by atoms with van der Waals surface area (Å²) in [5.41, 5.74) is 2.47. The number of ether oxygens (including phenoxy) is 2. The van der Waals surface area contributed by atoms with Crippen molar-refractivity contribution in [1.29, 1.82) is 0 Å². The van der Waals surface area contributed by atoms with Crippen LogP contribution in [-0.4, -0.2) is 110 Å². The van der Waals surface area contributed by atoms with Gasteiger partial charge in [-0.05, 0) is 37.0 Å². The van der Waals surface area contributed by atoms with E-state index in [9.17, 15) is 19.2 Å². The highest BCUT2D eigenvalue weighted by Crippen LogP contribution is 2.34. The highest BCUT2D eigenvalue weighted by molar-refractivity contribution is 6.33. The Morgan fingerprint density at radius 3 is 2.53 bits per heavy atom. The number of amides is 5. The maximum absolute atomic E-state index is 13.5. The molecule has 2 aromatic rings. The number of piperidine rings is 1. The van der Waals surface area contributed by atoms with Gasteiger partial charge in [-0.1, -0.05) is 41.9 Å². The minimum atomic E-state index is -0.393. The zero-order valence-corrected chi connectivity index (χ0v) is 25.5. The van der Waals surface area contributed by atoms with Crippen LogP contribution in [0.2, 0.25) is 5.02 Å². The number of urea groups is 1. The number of rotatable bonds is 11. The lowest BCUT2D eigenvalue weighted by atomic mass is 10.0. The number of benzene rings is 2. The monoisotopic (exact) mass is 611 g/mol. The normalized spacial score (nSPS) is 15.7. The molecule has 1 N–H and O–H groups in total.